The van der Waals surface area contributed by atoms with Crippen LogP contribution in [0, 0.1) is 0 Å². The number of hydrogen-bond acceptors (Lipinski definition) is 3. The summed E-state index contributed by atoms with van der Waals surface area (Å²) in [5.41, 5.74) is -0.326. The third kappa shape index (κ3) is 3.90. The fourth-order valence-corrected chi connectivity index (χ4v) is 1.22. The second-order valence-corrected chi connectivity index (χ2v) is 4.49. The molecular weight excluding hydrogens is 222 g/mol. The summed E-state index contributed by atoms with van der Waals surface area (Å²) in [5, 5.41) is 15.3. The molecule has 6 heteroatoms. The number of nitrogens with zero attached hydrogens (tertiary/aromatic N) is 2. The van der Waals surface area contributed by atoms with Gasteiger partial charge in [-0.2, -0.15) is 5.10 Å². The van der Waals surface area contributed by atoms with Crippen LogP contribution in [-0.4, -0.2) is 32.3 Å². The lowest BCUT2D eigenvalue weighted by atomic mass is 10.0. The van der Waals surface area contributed by atoms with E-state index in [1.807, 2.05) is 20.8 Å². The Labute approximate surface area is 99.6 Å². The van der Waals surface area contributed by atoms with Crippen LogP contribution in [0.5, 0.6) is 0 Å². The van der Waals surface area contributed by atoms with Crippen molar-refractivity contribution in [2.75, 3.05) is 0 Å². The molecule has 0 saturated carbocycles. The predicted octanol–water partition coefficient (Wildman–Crippen LogP) is 0.886. The van der Waals surface area contributed by atoms with Crippen LogP contribution in [0.15, 0.2) is 12.3 Å². The minimum absolute atomic E-state index is 0.0245. The summed E-state index contributed by atoms with van der Waals surface area (Å²) in [4.78, 5) is 22.2. The first-order valence-electron chi connectivity index (χ1n) is 5.42. The summed E-state index contributed by atoms with van der Waals surface area (Å²) in [6, 6.07) is 1.36. The van der Waals surface area contributed by atoms with E-state index in [9.17, 15) is 9.59 Å². The first kappa shape index (κ1) is 13.2. The molecule has 0 aliphatic rings. The van der Waals surface area contributed by atoms with Gasteiger partial charge in [0.25, 0.3) is 0 Å². The Kier molecular flexibility index (Phi) is 3.88. The average molecular weight is 239 g/mol. The van der Waals surface area contributed by atoms with Gasteiger partial charge < -0.3 is 10.4 Å². The molecule has 6 nitrogen and oxygen atoms in total. The van der Waals surface area contributed by atoms with Gasteiger partial charge in [0.05, 0.1) is 0 Å². The lowest BCUT2D eigenvalue weighted by molar-refractivity contribution is -0.123. The van der Waals surface area contributed by atoms with Crippen LogP contribution < -0.4 is 5.32 Å². The van der Waals surface area contributed by atoms with E-state index in [4.69, 9.17) is 5.11 Å². The highest BCUT2D eigenvalue weighted by atomic mass is 16.4. The Hall–Kier alpha value is -1.85. The van der Waals surface area contributed by atoms with E-state index >= 15 is 0 Å². The molecule has 1 aromatic heterocycles. The standard InChI is InChI=1S/C11H17N3O3/c1-4-11(2,3)12-9(15)7-14-6-5-8(13-14)10(16)17/h5-6H,4,7H2,1-3H3,(H,12,15)(H,16,17). The van der Waals surface area contributed by atoms with Crippen molar-refractivity contribution in [3.63, 3.8) is 0 Å². The van der Waals surface area contributed by atoms with Gasteiger partial charge in [0, 0.05) is 11.7 Å². The first-order valence-corrected chi connectivity index (χ1v) is 5.42. The van der Waals surface area contributed by atoms with Gasteiger partial charge in [-0.1, -0.05) is 6.92 Å². The average Bonchev–Trinajstić information content (AvgIpc) is 2.65. The van der Waals surface area contributed by atoms with Gasteiger partial charge in [-0.3, -0.25) is 9.48 Å². The minimum Gasteiger partial charge on any atom is -0.476 e. The molecule has 94 valence electrons. The zero-order valence-electron chi connectivity index (χ0n) is 10.2. The summed E-state index contributed by atoms with van der Waals surface area (Å²) in [6.07, 6.45) is 2.29. The molecule has 0 saturated heterocycles. The lowest BCUT2D eigenvalue weighted by Gasteiger charge is -2.24. The topological polar surface area (TPSA) is 84.2 Å². The van der Waals surface area contributed by atoms with Gasteiger partial charge in [0.2, 0.25) is 5.91 Å². The number of carboxylic acids is 1. The Morgan fingerprint density at radius 1 is 1.53 bits per heavy atom. The van der Waals surface area contributed by atoms with Crippen LogP contribution in [0.3, 0.4) is 0 Å². The largest absolute Gasteiger partial charge is 0.476 e. The molecule has 0 aliphatic carbocycles. The van der Waals surface area contributed by atoms with Gasteiger partial charge in [0.15, 0.2) is 5.69 Å². The SMILES string of the molecule is CCC(C)(C)NC(=O)Cn1ccc(C(=O)O)n1. The van der Waals surface area contributed by atoms with Crippen LogP contribution in [0.2, 0.25) is 0 Å². The van der Waals surface area contributed by atoms with E-state index in [0.717, 1.165) is 6.42 Å². The minimum atomic E-state index is -1.10. The normalized spacial score (nSPS) is 11.2. The second-order valence-electron chi connectivity index (χ2n) is 4.49. The Morgan fingerprint density at radius 2 is 2.18 bits per heavy atom. The molecule has 1 rings (SSSR count). The summed E-state index contributed by atoms with van der Waals surface area (Å²) in [6.45, 7) is 5.86. The molecular formula is C11H17N3O3. The molecule has 0 spiro atoms. The number of carbonyl (C=O) groups excluding carboxylic acids is 1. The van der Waals surface area contributed by atoms with Crippen molar-refractivity contribution in [3.05, 3.63) is 18.0 Å². The number of carbonyl (C=O) groups is 2. The van der Waals surface area contributed by atoms with E-state index < -0.39 is 5.97 Å². The zero-order valence-corrected chi connectivity index (χ0v) is 10.2. The number of hydrogen-bond donors (Lipinski definition) is 2. The van der Waals surface area contributed by atoms with E-state index in [1.54, 1.807) is 0 Å². The smallest absolute Gasteiger partial charge is 0.356 e. The highest BCUT2D eigenvalue weighted by Crippen LogP contribution is 2.06. The van der Waals surface area contributed by atoms with Crippen molar-refractivity contribution < 1.29 is 14.7 Å². The van der Waals surface area contributed by atoms with Crippen molar-refractivity contribution in [1.82, 2.24) is 15.1 Å². The molecule has 1 amide bonds. The van der Waals surface area contributed by atoms with Gasteiger partial charge in [0.1, 0.15) is 6.54 Å². The van der Waals surface area contributed by atoms with Crippen LogP contribution >= 0.6 is 0 Å². The molecule has 0 fully saturated rings. The third-order valence-electron chi connectivity index (χ3n) is 2.53. The Bertz CT molecular complexity index is 423. The summed E-state index contributed by atoms with van der Waals surface area (Å²) in [5.74, 6) is -1.28. The number of amides is 1. The highest BCUT2D eigenvalue weighted by molar-refractivity contribution is 5.85. The number of carboxylic acid groups (broad SMARTS) is 1. The summed E-state index contributed by atoms with van der Waals surface area (Å²) in [7, 11) is 0. The predicted molar refractivity (Wildman–Crippen MR) is 61.7 cm³/mol. The first-order chi connectivity index (χ1) is 7.84. The molecule has 0 radical (unpaired) electrons. The number of rotatable bonds is 5. The number of aromatic carboxylic acids is 1. The van der Waals surface area contributed by atoms with Crippen LogP contribution in [0.25, 0.3) is 0 Å². The molecule has 2 N–H and O–H groups in total. The van der Waals surface area contributed by atoms with Gasteiger partial charge in [-0.05, 0) is 26.3 Å². The fourth-order valence-electron chi connectivity index (χ4n) is 1.22. The van der Waals surface area contributed by atoms with Crippen molar-refractivity contribution >= 4 is 11.9 Å². The molecule has 0 aromatic carbocycles. The molecule has 0 bridgehead atoms. The second kappa shape index (κ2) is 4.99. The Morgan fingerprint density at radius 3 is 2.65 bits per heavy atom. The summed E-state index contributed by atoms with van der Waals surface area (Å²) < 4.78 is 1.31. The van der Waals surface area contributed by atoms with E-state index in [0.29, 0.717) is 0 Å². The van der Waals surface area contributed by atoms with Crippen molar-refractivity contribution in [1.29, 1.82) is 0 Å². The third-order valence-corrected chi connectivity index (χ3v) is 2.53. The fraction of sp³-hybridized carbons (Fsp3) is 0.545. The molecule has 17 heavy (non-hydrogen) atoms. The lowest BCUT2D eigenvalue weighted by Crippen LogP contribution is -2.44. The van der Waals surface area contributed by atoms with E-state index in [1.165, 1.54) is 16.9 Å². The van der Waals surface area contributed by atoms with E-state index in [-0.39, 0.29) is 23.7 Å². The maximum absolute atomic E-state index is 11.6. The number of aromatic nitrogens is 2. The zero-order chi connectivity index (χ0) is 13.1. The van der Waals surface area contributed by atoms with Crippen LogP contribution in [0.1, 0.15) is 37.7 Å². The molecule has 1 heterocycles. The van der Waals surface area contributed by atoms with Gasteiger partial charge in [-0.25, -0.2) is 4.79 Å². The molecule has 1 aromatic rings. The molecule has 0 atom stereocenters. The van der Waals surface area contributed by atoms with Crippen molar-refractivity contribution in [2.45, 2.75) is 39.3 Å². The van der Waals surface area contributed by atoms with Crippen molar-refractivity contribution in [3.8, 4) is 0 Å². The quantitative estimate of drug-likeness (QED) is 0.799. The summed E-state index contributed by atoms with van der Waals surface area (Å²) >= 11 is 0. The van der Waals surface area contributed by atoms with Crippen LogP contribution in [0.4, 0.5) is 0 Å². The maximum Gasteiger partial charge on any atom is 0.356 e. The Balaban J connectivity index is 2.59. The highest BCUT2D eigenvalue weighted by Gasteiger charge is 2.18. The monoisotopic (exact) mass is 239 g/mol. The molecule has 0 unspecified atom stereocenters. The van der Waals surface area contributed by atoms with Gasteiger partial charge in [-0.15, -0.1) is 0 Å². The van der Waals surface area contributed by atoms with Crippen molar-refractivity contribution in [2.24, 2.45) is 0 Å². The van der Waals surface area contributed by atoms with Gasteiger partial charge >= 0.3 is 5.97 Å². The van der Waals surface area contributed by atoms with Crippen LogP contribution in [-0.2, 0) is 11.3 Å². The molecule has 0 aliphatic heterocycles. The maximum atomic E-state index is 11.6. The number of nitrogens with one attached hydrogen (secondary N) is 1. The van der Waals surface area contributed by atoms with E-state index in [2.05, 4.69) is 10.4 Å².